The lowest BCUT2D eigenvalue weighted by Crippen LogP contribution is -2.42. The van der Waals surface area contributed by atoms with Crippen molar-refractivity contribution in [3.63, 3.8) is 0 Å². The average molecular weight is 186 g/mol. The average Bonchev–Trinajstić information content (AvgIpc) is 2.03. The number of carbonyl (C=O) groups is 1. The number of nitrogens with two attached hydrogens (primary N) is 1. The second-order valence-corrected chi connectivity index (χ2v) is 3.32. The Hall–Kier alpha value is -0.870. The lowest BCUT2D eigenvalue weighted by Gasteiger charge is -2.31. The molecular formula is C9H18N2O2. The van der Waals surface area contributed by atoms with E-state index in [4.69, 9.17) is 5.73 Å². The third kappa shape index (κ3) is 3.16. The molecule has 0 saturated carbocycles. The molecule has 0 aliphatic carbocycles. The molecule has 0 heterocycles. The van der Waals surface area contributed by atoms with Crippen LogP contribution in [0.4, 0.5) is 0 Å². The van der Waals surface area contributed by atoms with Gasteiger partial charge in [-0.2, -0.15) is 0 Å². The first-order valence-electron chi connectivity index (χ1n) is 4.22. The van der Waals surface area contributed by atoms with Gasteiger partial charge < -0.3 is 10.8 Å². The highest BCUT2D eigenvalue weighted by Crippen LogP contribution is 2.16. The zero-order chi connectivity index (χ0) is 10.6. The van der Waals surface area contributed by atoms with E-state index >= 15 is 0 Å². The first-order chi connectivity index (χ1) is 5.83. The molecule has 0 aliphatic heterocycles. The van der Waals surface area contributed by atoms with Crippen LogP contribution in [0.1, 0.15) is 20.3 Å². The summed E-state index contributed by atoms with van der Waals surface area (Å²) in [7, 11) is 3.49. The van der Waals surface area contributed by atoms with Crippen molar-refractivity contribution in [2.75, 3.05) is 14.1 Å². The summed E-state index contributed by atoms with van der Waals surface area (Å²) in [6, 6.07) is 0. The normalized spacial score (nSPS) is 17.2. The highest BCUT2D eigenvalue weighted by molar-refractivity contribution is 5.91. The molecule has 3 N–H and O–H groups in total. The summed E-state index contributed by atoms with van der Waals surface area (Å²) in [6.45, 7) is 3.43. The van der Waals surface area contributed by atoms with Crippen molar-refractivity contribution in [1.82, 2.24) is 4.90 Å². The molecule has 1 amide bonds. The zero-order valence-electron chi connectivity index (χ0n) is 8.66. The fraction of sp³-hybridized carbons (Fsp3) is 0.667. The molecule has 4 nitrogen and oxygen atoms in total. The van der Waals surface area contributed by atoms with Crippen LogP contribution < -0.4 is 5.73 Å². The van der Waals surface area contributed by atoms with Gasteiger partial charge in [0.05, 0.1) is 0 Å². The Bertz CT molecular complexity index is 224. The first-order valence-corrected chi connectivity index (χ1v) is 4.22. The standard InChI is InChI=1S/C9H18N2O2/c1-5-9(13,11(3)4)6-7(2)8(10)12/h6,13H,5H2,1-4H3,(H2,10,12)/b7-6+. The summed E-state index contributed by atoms with van der Waals surface area (Å²) < 4.78 is 0. The quantitative estimate of drug-likeness (QED) is 0.482. The van der Waals surface area contributed by atoms with Crippen molar-refractivity contribution in [2.24, 2.45) is 5.73 Å². The molecule has 0 aromatic carbocycles. The SMILES string of the molecule is CCC(O)(/C=C(\C)C(N)=O)N(C)C. The molecule has 0 aromatic rings. The van der Waals surface area contributed by atoms with Crippen LogP contribution in [0.2, 0.25) is 0 Å². The van der Waals surface area contributed by atoms with Gasteiger partial charge in [-0.3, -0.25) is 9.69 Å². The topological polar surface area (TPSA) is 66.6 Å². The van der Waals surface area contributed by atoms with E-state index in [-0.39, 0.29) is 0 Å². The number of hydrogen-bond acceptors (Lipinski definition) is 3. The van der Waals surface area contributed by atoms with Crippen LogP contribution in [0, 0.1) is 0 Å². The number of hydrogen-bond donors (Lipinski definition) is 2. The molecule has 0 aliphatic rings. The maximum atomic E-state index is 10.7. The van der Waals surface area contributed by atoms with E-state index in [0.717, 1.165) is 0 Å². The number of carbonyl (C=O) groups excluding carboxylic acids is 1. The number of aliphatic hydroxyl groups is 1. The minimum Gasteiger partial charge on any atom is -0.372 e. The monoisotopic (exact) mass is 186 g/mol. The number of amides is 1. The van der Waals surface area contributed by atoms with Crippen LogP contribution in [-0.2, 0) is 4.79 Å². The Balaban J connectivity index is 4.80. The molecule has 0 bridgehead atoms. The molecule has 76 valence electrons. The van der Waals surface area contributed by atoms with Gasteiger partial charge in [-0.05, 0) is 33.5 Å². The molecule has 4 heteroatoms. The Labute approximate surface area is 79.0 Å². The van der Waals surface area contributed by atoms with Crippen LogP contribution in [-0.4, -0.2) is 35.7 Å². The highest BCUT2D eigenvalue weighted by atomic mass is 16.3. The van der Waals surface area contributed by atoms with Crippen molar-refractivity contribution in [1.29, 1.82) is 0 Å². The minimum atomic E-state index is -1.08. The van der Waals surface area contributed by atoms with Gasteiger partial charge >= 0.3 is 0 Å². The summed E-state index contributed by atoms with van der Waals surface area (Å²) in [5.74, 6) is -0.506. The number of rotatable bonds is 4. The number of nitrogens with zero attached hydrogens (tertiary/aromatic N) is 1. The van der Waals surface area contributed by atoms with Crippen LogP contribution in [0.15, 0.2) is 11.6 Å². The molecule has 1 atom stereocenters. The van der Waals surface area contributed by atoms with Gasteiger partial charge in [-0.25, -0.2) is 0 Å². The summed E-state index contributed by atoms with van der Waals surface area (Å²) >= 11 is 0. The Morgan fingerprint density at radius 1 is 1.62 bits per heavy atom. The fourth-order valence-electron chi connectivity index (χ4n) is 0.965. The van der Waals surface area contributed by atoms with Gasteiger partial charge in [0.25, 0.3) is 0 Å². The van der Waals surface area contributed by atoms with Crippen molar-refractivity contribution in [2.45, 2.75) is 26.0 Å². The number of primary amides is 1. The molecule has 13 heavy (non-hydrogen) atoms. The molecular weight excluding hydrogens is 168 g/mol. The fourth-order valence-corrected chi connectivity index (χ4v) is 0.965. The Morgan fingerprint density at radius 2 is 2.08 bits per heavy atom. The van der Waals surface area contributed by atoms with Gasteiger partial charge in [0.1, 0.15) is 5.72 Å². The van der Waals surface area contributed by atoms with Gasteiger partial charge in [-0.15, -0.1) is 0 Å². The molecule has 0 rings (SSSR count). The molecule has 0 radical (unpaired) electrons. The predicted octanol–water partition coefficient (Wildman–Crippen LogP) is 0.0782. The number of likely N-dealkylation sites (N-methyl/N-ethyl adjacent to an activating group) is 1. The molecule has 0 aromatic heterocycles. The smallest absolute Gasteiger partial charge is 0.244 e. The third-order valence-electron chi connectivity index (χ3n) is 2.13. The van der Waals surface area contributed by atoms with E-state index in [9.17, 15) is 9.90 Å². The van der Waals surface area contributed by atoms with Crippen molar-refractivity contribution in [3.05, 3.63) is 11.6 Å². The molecule has 0 fully saturated rings. The van der Waals surface area contributed by atoms with E-state index in [0.29, 0.717) is 12.0 Å². The molecule has 0 spiro atoms. The largest absolute Gasteiger partial charge is 0.372 e. The van der Waals surface area contributed by atoms with Gasteiger partial charge in [0.15, 0.2) is 0 Å². The summed E-state index contributed by atoms with van der Waals surface area (Å²) in [5, 5.41) is 9.96. The maximum absolute atomic E-state index is 10.7. The van der Waals surface area contributed by atoms with Gasteiger partial charge in [0.2, 0.25) is 5.91 Å². The third-order valence-corrected chi connectivity index (χ3v) is 2.13. The Morgan fingerprint density at radius 3 is 2.31 bits per heavy atom. The summed E-state index contributed by atoms with van der Waals surface area (Å²) in [6.07, 6.45) is 1.99. The first kappa shape index (κ1) is 12.1. The van der Waals surface area contributed by atoms with Crippen LogP contribution in [0.3, 0.4) is 0 Å². The minimum absolute atomic E-state index is 0.373. The predicted molar refractivity (Wildman–Crippen MR) is 51.9 cm³/mol. The maximum Gasteiger partial charge on any atom is 0.244 e. The van der Waals surface area contributed by atoms with Crippen molar-refractivity contribution < 1.29 is 9.90 Å². The Kier molecular flexibility index (Phi) is 4.10. The zero-order valence-corrected chi connectivity index (χ0v) is 8.66. The summed E-state index contributed by atoms with van der Waals surface area (Å²) in [5.41, 5.74) is 4.35. The van der Waals surface area contributed by atoms with Crippen molar-refractivity contribution >= 4 is 5.91 Å². The molecule has 0 saturated heterocycles. The van der Waals surface area contributed by atoms with Crippen LogP contribution >= 0.6 is 0 Å². The summed E-state index contributed by atoms with van der Waals surface area (Å²) in [4.78, 5) is 12.4. The lowest BCUT2D eigenvalue weighted by molar-refractivity contribution is -0.114. The van der Waals surface area contributed by atoms with E-state index in [2.05, 4.69) is 0 Å². The van der Waals surface area contributed by atoms with Gasteiger partial charge in [0, 0.05) is 5.57 Å². The van der Waals surface area contributed by atoms with Gasteiger partial charge in [-0.1, -0.05) is 6.92 Å². The van der Waals surface area contributed by atoms with Crippen LogP contribution in [0.5, 0.6) is 0 Å². The lowest BCUT2D eigenvalue weighted by atomic mass is 10.1. The highest BCUT2D eigenvalue weighted by Gasteiger charge is 2.25. The van der Waals surface area contributed by atoms with E-state index in [1.165, 1.54) is 6.08 Å². The van der Waals surface area contributed by atoms with E-state index < -0.39 is 11.6 Å². The van der Waals surface area contributed by atoms with E-state index in [1.807, 2.05) is 6.92 Å². The van der Waals surface area contributed by atoms with Crippen molar-refractivity contribution in [3.8, 4) is 0 Å². The van der Waals surface area contributed by atoms with E-state index in [1.54, 1.807) is 25.9 Å². The molecule has 1 unspecified atom stereocenters. The second kappa shape index (κ2) is 4.39. The van der Waals surface area contributed by atoms with Crippen LogP contribution in [0.25, 0.3) is 0 Å². The second-order valence-electron chi connectivity index (χ2n) is 3.32.